The SMILES string of the molecule is COc1ccc(OCC(=O)N(CC2CCCO2)c2nc3c(F)cccc3s2)cc1. The van der Waals surface area contributed by atoms with Crippen molar-refractivity contribution >= 4 is 32.6 Å². The quantitative estimate of drug-likeness (QED) is 0.582. The Labute approximate surface area is 171 Å². The minimum atomic E-state index is -0.399. The van der Waals surface area contributed by atoms with Gasteiger partial charge in [0, 0.05) is 6.61 Å². The lowest BCUT2D eigenvalue weighted by Gasteiger charge is -2.23. The topological polar surface area (TPSA) is 60.9 Å². The van der Waals surface area contributed by atoms with E-state index in [1.165, 1.54) is 17.4 Å². The zero-order chi connectivity index (χ0) is 20.2. The highest BCUT2D eigenvalue weighted by Crippen LogP contribution is 2.31. The number of ether oxygens (including phenoxy) is 3. The average molecular weight is 416 g/mol. The van der Waals surface area contributed by atoms with Crippen LogP contribution in [0.15, 0.2) is 42.5 Å². The molecule has 152 valence electrons. The Bertz CT molecular complexity index is 986. The van der Waals surface area contributed by atoms with E-state index >= 15 is 0 Å². The van der Waals surface area contributed by atoms with Crippen molar-refractivity contribution in [2.45, 2.75) is 18.9 Å². The van der Waals surface area contributed by atoms with E-state index in [1.807, 2.05) is 0 Å². The van der Waals surface area contributed by atoms with Crippen LogP contribution in [0.3, 0.4) is 0 Å². The summed E-state index contributed by atoms with van der Waals surface area (Å²) in [6, 6.07) is 11.8. The van der Waals surface area contributed by atoms with E-state index in [1.54, 1.807) is 48.4 Å². The van der Waals surface area contributed by atoms with Gasteiger partial charge in [-0.15, -0.1) is 0 Å². The summed E-state index contributed by atoms with van der Waals surface area (Å²) in [5, 5.41) is 0.448. The van der Waals surface area contributed by atoms with Crippen LogP contribution in [0.1, 0.15) is 12.8 Å². The number of nitrogens with zero attached hydrogens (tertiary/aromatic N) is 2. The Kier molecular flexibility index (Phi) is 5.92. The van der Waals surface area contributed by atoms with Gasteiger partial charge in [0.1, 0.15) is 22.8 Å². The van der Waals surface area contributed by atoms with Crippen LogP contribution in [0.4, 0.5) is 9.52 Å². The van der Waals surface area contributed by atoms with E-state index in [0.29, 0.717) is 34.5 Å². The summed E-state index contributed by atoms with van der Waals surface area (Å²) in [7, 11) is 1.59. The van der Waals surface area contributed by atoms with Crippen LogP contribution >= 0.6 is 11.3 Å². The molecule has 1 fully saturated rings. The van der Waals surface area contributed by atoms with Gasteiger partial charge in [0.05, 0.1) is 24.5 Å². The van der Waals surface area contributed by atoms with Crippen LogP contribution < -0.4 is 14.4 Å². The lowest BCUT2D eigenvalue weighted by Crippen LogP contribution is -2.40. The van der Waals surface area contributed by atoms with Crippen molar-refractivity contribution in [1.82, 2.24) is 4.98 Å². The number of fused-ring (bicyclic) bond motifs is 1. The molecule has 0 saturated carbocycles. The average Bonchev–Trinajstić information content (AvgIpc) is 3.41. The lowest BCUT2D eigenvalue weighted by molar-refractivity contribution is -0.120. The summed E-state index contributed by atoms with van der Waals surface area (Å²) in [6.07, 6.45) is 1.78. The number of halogens is 1. The van der Waals surface area contributed by atoms with Crippen molar-refractivity contribution < 1.29 is 23.4 Å². The highest BCUT2D eigenvalue weighted by atomic mass is 32.1. The van der Waals surface area contributed by atoms with E-state index in [9.17, 15) is 9.18 Å². The molecule has 0 aliphatic carbocycles. The monoisotopic (exact) mass is 416 g/mol. The largest absolute Gasteiger partial charge is 0.497 e. The summed E-state index contributed by atoms with van der Waals surface area (Å²) in [4.78, 5) is 18.9. The molecule has 1 saturated heterocycles. The number of para-hydroxylation sites is 1. The van der Waals surface area contributed by atoms with E-state index in [0.717, 1.165) is 12.8 Å². The van der Waals surface area contributed by atoms with E-state index < -0.39 is 5.82 Å². The number of aromatic nitrogens is 1. The summed E-state index contributed by atoms with van der Waals surface area (Å²) >= 11 is 1.28. The molecule has 0 bridgehead atoms. The van der Waals surface area contributed by atoms with Gasteiger partial charge < -0.3 is 14.2 Å². The van der Waals surface area contributed by atoms with Crippen molar-refractivity contribution in [2.24, 2.45) is 0 Å². The number of carbonyl (C=O) groups excluding carboxylic acids is 1. The zero-order valence-corrected chi connectivity index (χ0v) is 16.8. The van der Waals surface area contributed by atoms with E-state index in [4.69, 9.17) is 14.2 Å². The smallest absolute Gasteiger partial charge is 0.266 e. The van der Waals surface area contributed by atoms with Crippen LogP contribution in [-0.2, 0) is 9.53 Å². The van der Waals surface area contributed by atoms with Gasteiger partial charge in [0.2, 0.25) is 0 Å². The van der Waals surface area contributed by atoms with Crippen molar-refractivity contribution in [2.75, 3.05) is 31.8 Å². The summed E-state index contributed by atoms with van der Waals surface area (Å²) in [5.74, 6) is 0.617. The maximum absolute atomic E-state index is 14.1. The van der Waals surface area contributed by atoms with Crippen molar-refractivity contribution in [1.29, 1.82) is 0 Å². The Balaban J connectivity index is 1.53. The number of anilines is 1. The first-order valence-corrected chi connectivity index (χ1v) is 10.2. The lowest BCUT2D eigenvalue weighted by atomic mass is 10.2. The highest BCUT2D eigenvalue weighted by Gasteiger charge is 2.27. The van der Waals surface area contributed by atoms with Gasteiger partial charge in [0.15, 0.2) is 11.7 Å². The van der Waals surface area contributed by atoms with Gasteiger partial charge in [-0.2, -0.15) is 0 Å². The molecule has 4 rings (SSSR count). The van der Waals surface area contributed by atoms with Crippen LogP contribution in [0.5, 0.6) is 11.5 Å². The Morgan fingerprint density at radius 2 is 2.07 bits per heavy atom. The molecule has 0 N–H and O–H groups in total. The second kappa shape index (κ2) is 8.75. The van der Waals surface area contributed by atoms with Gasteiger partial charge in [-0.05, 0) is 49.2 Å². The van der Waals surface area contributed by atoms with Crippen LogP contribution in [0.25, 0.3) is 10.2 Å². The molecule has 1 amide bonds. The van der Waals surface area contributed by atoms with Gasteiger partial charge in [-0.3, -0.25) is 9.69 Å². The normalized spacial score (nSPS) is 16.1. The first kappa shape index (κ1) is 19.6. The standard InChI is InChI=1S/C21H21FN2O4S/c1-26-14-7-9-15(10-8-14)28-13-19(25)24(12-16-4-3-11-27-16)21-23-20-17(22)5-2-6-18(20)29-21/h2,5-10,16H,3-4,11-13H2,1H3. The molecule has 8 heteroatoms. The molecule has 3 aromatic rings. The predicted octanol–water partition coefficient (Wildman–Crippen LogP) is 4.04. The molecule has 1 atom stereocenters. The molecule has 1 aliphatic heterocycles. The summed E-state index contributed by atoms with van der Waals surface area (Å²) in [6.45, 7) is 0.896. The number of hydrogen-bond acceptors (Lipinski definition) is 6. The third kappa shape index (κ3) is 4.49. The Hall–Kier alpha value is -2.71. The third-order valence-corrected chi connectivity index (χ3v) is 5.77. The first-order valence-electron chi connectivity index (χ1n) is 9.38. The third-order valence-electron chi connectivity index (χ3n) is 4.72. The fraction of sp³-hybridized carbons (Fsp3) is 0.333. The van der Waals surface area contributed by atoms with E-state index in [-0.39, 0.29) is 24.1 Å². The number of methoxy groups -OCH3 is 1. The minimum Gasteiger partial charge on any atom is -0.497 e. The number of benzene rings is 2. The summed E-state index contributed by atoms with van der Waals surface area (Å²) < 4.78 is 31.2. The van der Waals surface area contributed by atoms with Gasteiger partial charge >= 0.3 is 0 Å². The van der Waals surface area contributed by atoms with Gasteiger partial charge in [-0.25, -0.2) is 9.37 Å². The number of carbonyl (C=O) groups is 1. The molecule has 1 aliphatic rings. The van der Waals surface area contributed by atoms with Crippen LogP contribution in [-0.4, -0.2) is 43.9 Å². The maximum Gasteiger partial charge on any atom is 0.266 e. The maximum atomic E-state index is 14.1. The van der Waals surface area contributed by atoms with Gasteiger partial charge in [-0.1, -0.05) is 17.4 Å². The van der Waals surface area contributed by atoms with Crippen molar-refractivity contribution in [3.8, 4) is 11.5 Å². The molecule has 29 heavy (non-hydrogen) atoms. The van der Waals surface area contributed by atoms with E-state index in [2.05, 4.69) is 4.98 Å². The highest BCUT2D eigenvalue weighted by molar-refractivity contribution is 7.22. The van der Waals surface area contributed by atoms with Crippen LogP contribution in [0.2, 0.25) is 0 Å². The molecule has 1 unspecified atom stereocenters. The fourth-order valence-corrected chi connectivity index (χ4v) is 4.20. The first-order chi connectivity index (χ1) is 14.1. The molecule has 2 heterocycles. The van der Waals surface area contributed by atoms with Crippen LogP contribution in [0, 0.1) is 5.82 Å². The molecular formula is C21H21FN2O4S. The molecule has 2 aromatic carbocycles. The number of thiazole rings is 1. The van der Waals surface area contributed by atoms with Gasteiger partial charge in [0.25, 0.3) is 5.91 Å². The van der Waals surface area contributed by atoms with Crippen molar-refractivity contribution in [3.05, 3.63) is 48.3 Å². The molecule has 6 nitrogen and oxygen atoms in total. The number of rotatable bonds is 7. The molecule has 0 spiro atoms. The number of amides is 1. The van der Waals surface area contributed by atoms with Crippen molar-refractivity contribution in [3.63, 3.8) is 0 Å². The second-order valence-electron chi connectivity index (χ2n) is 6.69. The zero-order valence-electron chi connectivity index (χ0n) is 16.0. The Morgan fingerprint density at radius 1 is 1.28 bits per heavy atom. The second-order valence-corrected chi connectivity index (χ2v) is 7.70. The predicted molar refractivity (Wildman–Crippen MR) is 109 cm³/mol. The molecular weight excluding hydrogens is 395 g/mol. The summed E-state index contributed by atoms with van der Waals surface area (Å²) in [5.41, 5.74) is 0.272. The molecule has 1 aromatic heterocycles. The fourth-order valence-electron chi connectivity index (χ4n) is 3.19. The Morgan fingerprint density at radius 3 is 2.76 bits per heavy atom. The number of hydrogen-bond donors (Lipinski definition) is 0. The minimum absolute atomic E-state index is 0.0585. The molecule has 0 radical (unpaired) electrons.